The molecule has 1 atom stereocenters. The number of anilines is 3. The highest BCUT2D eigenvalue weighted by Gasteiger charge is 2.28. The first-order valence-electron chi connectivity index (χ1n) is 16.8. The summed E-state index contributed by atoms with van der Waals surface area (Å²) in [6.45, 7) is 3.99. The molecule has 1 aromatic carbocycles. The number of likely N-dealkylation sites (tertiary alicyclic amines) is 1. The van der Waals surface area contributed by atoms with Gasteiger partial charge in [0, 0.05) is 37.3 Å². The van der Waals surface area contributed by atoms with E-state index in [4.69, 9.17) is 10.7 Å². The van der Waals surface area contributed by atoms with Crippen molar-refractivity contribution >= 4 is 29.1 Å². The minimum Gasteiger partial charge on any atom is -0.364 e. The van der Waals surface area contributed by atoms with Gasteiger partial charge in [-0.25, -0.2) is 9.97 Å². The lowest BCUT2D eigenvalue weighted by atomic mass is 9.88. The molecule has 2 aliphatic carbocycles. The van der Waals surface area contributed by atoms with Crippen molar-refractivity contribution in [2.45, 2.75) is 108 Å². The smallest absolute Gasteiger partial charge is 0.271 e. The maximum Gasteiger partial charge on any atom is 0.271 e. The van der Waals surface area contributed by atoms with Crippen LogP contribution < -0.4 is 21.3 Å². The highest BCUT2D eigenvalue weighted by molar-refractivity contribution is 5.96. The van der Waals surface area contributed by atoms with Crippen molar-refractivity contribution in [2.24, 2.45) is 11.7 Å². The second-order valence-electron chi connectivity index (χ2n) is 13.3. The number of benzene rings is 1. The first kappa shape index (κ1) is 29.9. The van der Waals surface area contributed by atoms with Crippen molar-refractivity contribution < 1.29 is 9.59 Å². The third-order valence-electron chi connectivity index (χ3n) is 10.3. The summed E-state index contributed by atoms with van der Waals surface area (Å²) in [6, 6.07) is 9.69. The number of primary amides is 1. The summed E-state index contributed by atoms with van der Waals surface area (Å²) in [4.78, 5) is 39.2. The van der Waals surface area contributed by atoms with E-state index in [0.29, 0.717) is 30.0 Å². The van der Waals surface area contributed by atoms with Gasteiger partial charge >= 0.3 is 0 Å². The molecule has 2 aliphatic heterocycles. The van der Waals surface area contributed by atoms with Crippen LogP contribution in [-0.4, -0.2) is 64.9 Å². The third kappa shape index (κ3) is 7.66. The second kappa shape index (κ2) is 14.1. The Balaban J connectivity index is 1.07. The van der Waals surface area contributed by atoms with Crippen LogP contribution in [0.4, 0.5) is 17.3 Å². The highest BCUT2D eigenvalue weighted by Crippen LogP contribution is 2.33. The molecule has 1 aromatic heterocycles. The number of carbonyl (C=O) groups excluding carboxylic acids is 2. The van der Waals surface area contributed by atoms with Crippen LogP contribution in [0.25, 0.3) is 0 Å². The Morgan fingerprint density at radius 2 is 1.58 bits per heavy atom. The van der Waals surface area contributed by atoms with E-state index in [0.717, 1.165) is 50.5 Å². The molecule has 43 heavy (non-hydrogen) atoms. The maximum absolute atomic E-state index is 12.8. The first-order chi connectivity index (χ1) is 21.0. The van der Waals surface area contributed by atoms with Crippen LogP contribution in [0.1, 0.15) is 112 Å². The number of amides is 2. The number of piperidine rings is 2. The number of nitrogens with two attached hydrogens (primary N) is 1. The zero-order valence-electron chi connectivity index (χ0n) is 25.6. The van der Waals surface area contributed by atoms with Gasteiger partial charge < -0.3 is 26.2 Å². The summed E-state index contributed by atoms with van der Waals surface area (Å²) in [5.74, 6) is 1.49. The Kier molecular flexibility index (Phi) is 9.76. The zero-order valence-corrected chi connectivity index (χ0v) is 25.6. The number of nitrogens with zero attached hydrogens (tertiary/aromatic N) is 4. The van der Waals surface area contributed by atoms with Crippen molar-refractivity contribution in [3.63, 3.8) is 0 Å². The molecule has 2 saturated heterocycles. The summed E-state index contributed by atoms with van der Waals surface area (Å²) in [5, 5.41) is 6.59. The van der Waals surface area contributed by atoms with Gasteiger partial charge in [0.15, 0.2) is 11.5 Å². The molecule has 2 saturated carbocycles. The lowest BCUT2D eigenvalue weighted by Crippen LogP contribution is -2.41. The van der Waals surface area contributed by atoms with E-state index in [2.05, 4.69) is 49.7 Å². The minimum absolute atomic E-state index is 0.132. The normalized spacial score (nSPS) is 22.9. The Morgan fingerprint density at radius 3 is 2.30 bits per heavy atom. The average molecular weight is 588 g/mol. The molecule has 4 aliphatic rings. The van der Waals surface area contributed by atoms with Crippen molar-refractivity contribution in [2.75, 3.05) is 36.4 Å². The monoisotopic (exact) mass is 587 g/mol. The Bertz CT molecular complexity index is 1230. The molecular formula is C34H49N7O2. The van der Waals surface area contributed by atoms with E-state index in [9.17, 15) is 9.59 Å². The molecule has 0 spiro atoms. The molecule has 0 radical (unpaired) electrons. The fraction of sp³-hybridized carbons (Fsp3) is 0.647. The average Bonchev–Trinajstić information content (AvgIpc) is 3.57. The standard InChI is InChI=1S/C34H49N7O2/c35-33(43)32-34(38-28-14-12-25(13-15-28)26-16-19-40(20-17-26)29-10-4-5-11-29)39-30(22-36-32)41-18-6-7-24(23-41)21-31(42)37-27-8-2-1-3-9-27/h12-15,22,24,26-27,29H,1-11,16-21,23H2,(H2,35,43)(H,37,42)(H,38,39)/t24-/m0/s1. The summed E-state index contributed by atoms with van der Waals surface area (Å²) in [5.41, 5.74) is 8.05. The van der Waals surface area contributed by atoms with Gasteiger partial charge in [-0.2, -0.15) is 0 Å². The maximum atomic E-state index is 12.8. The predicted octanol–water partition coefficient (Wildman–Crippen LogP) is 5.50. The molecular weight excluding hydrogens is 538 g/mol. The van der Waals surface area contributed by atoms with Gasteiger partial charge in [-0.05, 0) is 94.0 Å². The fourth-order valence-corrected chi connectivity index (χ4v) is 7.88. The summed E-state index contributed by atoms with van der Waals surface area (Å²) in [6.07, 6.45) is 18.0. The molecule has 2 amide bonds. The minimum atomic E-state index is -0.608. The predicted molar refractivity (Wildman–Crippen MR) is 171 cm³/mol. The van der Waals surface area contributed by atoms with Crippen molar-refractivity contribution in [3.8, 4) is 0 Å². The van der Waals surface area contributed by atoms with Crippen LogP contribution >= 0.6 is 0 Å². The number of carbonyl (C=O) groups is 2. The van der Waals surface area contributed by atoms with E-state index >= 15 is 0 Å². The zero-order chi connectivity index (χ0) is 29.6. The van der Waals surface area contributed by atoms with Gasteiger partial charge in [0.25, 0.3) is 5.91 Å². The van der Waals surface area contributed by atoms with E-state index in [1.165, 1.54) is 76.4 Å². The van der Waals surface area contributed by atoms with Gasteiger partial charge in [0.05, 0.1) is 6.20 Å². The second-order valence-corrected chi connectivity index (χ2v) is 13.3. The molecule has 4 fully saturated rings. The van der Waals surface area contributed by atoms with E-state index in [1.807, 2.05) is 0 Å². The van der Waals surface area contributed by atoms with Crippen LogP contribution in [0.3, 0.4) is 0 Å². The molecule has 3 heterocycles. The van der Waals surface area contributed by atoms with Crippen LogP contribution in [0, 0.1) is 5.92 Å². The van der Waals surface area contributed by atoms with Crippen LogP contribution in [0.15, 0.2) is 30.5 Å². The van der Waals surface area contributed by atoms with Crippen molar-refractivity contribution in [1.82, 2.24) is 20.2 Å². The van der Waals surface area contributed by atoms with Crippen molar-refractivity contribution in [3.05, 3.63) is 41.7 Å². The SMILES string of the molecule is NC(=O)c1ncc(N2CCC[C@@H](CC(=O)NC3CCCCC3)C2)nc1Nc1ccc(C2CCN(C3CCCC3)CC2)cc1. The fourth-order valence-electron chi connectivity index (χ4n) is 7.88. The number of aromatic nitrogens is 2. The van der Waals surface area contributed by atoms with Gasteiger partial charge in [-0.15, -0.1) is 0 Å². The molecule has 2 aromatic rings. The van der Waals surface area contributed by atoms with Crippen LogP contribution in [0.2, 0.25) is 0 Å². The Morgan fingerprint density at radius 1 is 0.860 bits per heavy atom. The number of nitrogens with one attached hydrogen (secondary N) is 2. The Hall–Kier alpha value is -3.20. The van der Waals surface area contributed by atoms with E-state index < -0.39 is 5.91 Å². The molecule has 0 unspecified atom stereocenters. The van der Waals surface area contributed by atoms with Gasteiger partial charge in [-0.1, -0.05) is 44.2 Å². The first-order valence-corrected chi connectivity index (χ1v) is 16.8. The van der Waals surface area contributed by atoms with Gasteiger partial charge in [0.1, 0.15) is 5.82 Å². The molecule has 4 N–H and O–H groups in total. The van der Waals surface area contributed by atoms with Gasteiger partial charge in [-0.3, -0.25) is 9.59 Å². The van der Waals surface area contributed by atoms with E-state index in [-0.39, 0.29) is 17.5 Å². The molecule has 9 heteroatoms. The lowest BCUT2D eigenvalue weighted by Gasteiger charge is -2.36. The summed E-state index contributed by atoms with van der Waals surface area (Å²) >= 11 is 0. The summed E-state index contributed by atoms with van der Waals surface area (Å²) < 4.78 is 0. The van der Waals surface area contributed by atoms with E-state index in [1.54, 1.807) is 6.20 Å². The number of hydrogen-bond acceptors (Lipinski definition) is 7. The van der Waals surface area contributed by atoms with Crippen molar-refractivity contribution in [1.29, 1.82) is 0 Å². The number of hydrogen-bond donors (Lipinski definition) is 3. The molecule has 0 bridgehead atoms. The largest absolute Gasteiger partial charge is 0.364 e. The highest BCUT2D eigenvalue weighted by atomic mass is 16.2. The molecule has 6 rings (SSSR count). The lowest BCUT2D eigenvalue weighted by molar-refractivity contribution is -0.123. The molecule has 232 valence electrons. The Labute approximate surface area is 256 Å². The third-order valence-corrected chi connectivity index (χ3v) is 10.3. The number of rotatable bonds is 9. The van der Waals surface area contributed by atoms with Gasteiger partial charge in [0.2, 0.25) is 5.91 Å². The van der Waals surface area contributed by atoms with Crippen LogP contribution in [0.5, 0.6) is 0 Å². The molecule has 9 nitrogen and oxygen atoms in total. The van der Waals surface area contributed by atoms with Crippen LogP contribution in [-0.2, 0) is 4.79 Å². The quantitative estimate of drug-likeness (QED) is 0.355. The topological polar surface area (TPSA) is 116 Å². The summed E-state index contributed by atoms with van der Waals surface area (Å²) in [7, 11) is 0.